The molecule has 2 aromatic carbocycles. The number of piperidine rings is 1. The number of nitrogens with one attached hydrogen (secondary N) is 2. The van der Waals surface area contributed by atoms with E-state index in [-0.39, 0.29) is 0 Å². The molecule has 0 amide bonds. The van der Waals surface area contributed by atoms with Crippen LogP contribution < -0.4 is 10.6 Å². The van der Waals surface area contributed by atoms with Crippen molar-refractivity contribution in [3.8, 4) is 11.1 Å². The van der Waals surface area contributed by atoms with Gasteiger partial charge in [-0.1, -0.05) is 30.3 Å². The molecule has 3 heteroatoms. The van der Waals surface area contributed by atoms with Crippen LogP contribution in [-0.4, -0.2) is 31.6 Å². The van der Waals surface area contributed by atoms with Crippen molar-refractivity contribution < 1.29 is 0 Å². The summed E-state index contributed by atoms with van der Waals surface area (Å²) in [5.41, 5.74) is 6.87. The van der Waals surface area contributed by atoms with Crippen LogP contribution in [0.4, 0.5) is 5.69 Å². The van der Waals surface area contributed by atoms with Crippen LogP contribution in [0.3, 0.4) is 0 Å². The second-order valence-electron chi connectivity index (χ2n) is 7.28. The molecule has 0 spiro atoms. The number of benzene rings is 2. The van der Waals surface area contributed by atoms with Crippen molar-refractivity contribution in [1.29, 1.82) is 0 Å². The summed E-state index contributed by atoms with van der Waals surface area (Å²) < 4.78 is 0. The molecular formula is C21H27N3. The van der Waals surface area contributed by atoms with E-state index >= 15 is 0 Å². The van der Waals surface area contributed by atoms with Crippen LogP contribution in [0, 0.1) is 5.92 Å². The minimum atomic E-state index is 0.760. The van der Waals surface area contributed by atoms with Gasteiger partial charge in [0.1, 0.15) is 0 Å². The van der Waals surface area contributed by atoms with E-state index in [0.717, 1.165) is 25.6 Å². The normalized spacial score (nSPS) is 20.8. The van der Waals surface area contributed by atoms with Crippen LogP contribution >= 0.6 is 0 Å². The maximum atomic E-state index is 3.72. The summed E-state index contributed by atoms with van der Waals surface area (Å²) in [6, 6.07) is 15.5. The van der Waals surface area contributed by atoms with Gasteiger partial charge in [-0.2, -0.15) is 0 Å². The molecule has 126 valence electrons. The highest BCUT2D eigenvalue weighted by Crippen LogP contribution is 2.32. The van der Waals surface area contributed by atoms with Crippen molar-refractivity contribution >= 4 is 5.69 Å². The molecule has 24 heavy (non-hydrogen) atoms. The summed E-state index contributed by atoms with van der Waals surface area (Å²) in [6.45, 7) is 5.50. The van der Waals surface area contributed by atoms with Crippen molar-refractivity contribution in [2.75, 3.05) is 32.0 Å². The third kappa shape index (κ3) is 3.33. The number of hydrogen-bond acceptors (Lipinski definition) is 3. The molecule has 4 rings (SSSR count). The average molecular weight is 321 g/mol. The Morgan fingerprint density at radius 3 is 2.88 bits per heavy atom. The molecule has 1 atom stereocenters. The average Bonchev–Trinajstić information content (AvgIpc) is 3.08. The van der Waals surface area contributed by atoms with Crippen molar-refractivity contribution in [1.82, 2.24) is 10.2 Å². The first-order chi connectivity index (χ1) is 11.8. The molecule has 0 saturated carbocycles. The first-order valence-electron chi connectivity index (χ1n) is 9.14. The zero-order chi connectivity index (χ0) is 16.4. The number of likely N-dealkylation sites (tertiary alicyclic amines) is 1. The van der Waals surface area contributed by atoms with E-state index in [9.17, 15) is 0 Å². The van der Waals surface area contributed by atoms with Crippen molar-refractivity contribution in [3.63, 3.8) is 0 Å². The van der Waals surface area contributed by atoms with Crippen LogP contribution in [0.1, 0.15) is 24.0 Å². The fourth-order valence-electron chi connectivity index (χ4n) is 4.10. The lowest BCUT2D eigenvalue weighted by Crippen LogP contribution is -2.35. The van der Waals surface area contributed by atoms with Gasteiger partial charge in [-0.05, 0) is 66.7 Å². The zero-order valence-electron chi connectivity index (χ0n) is 14.5. The Kier molecular flexibility index (Phi) is 4.54. The summed E-state index contributed by atoms with van der Waals surface area (Å²) >= 11 is 0. The smallest absolute Gasteiger partial charge is 0.0349 e. The van der Waals surface area contributed by atoms with Gasteiger partial charge in [0.2, 0.25) is 0 Å². The standard InChI is InChI=1S/C21H27N3/c1-24-9-5-6-16(15-24)12-23-19-10-18-13-22-14-21(18)20(11-19)17-7-3-2-4-8-17/h2-4,7-8,10-11,16,22-23H,5-6,9,12-15H2,1H3. The van der Waals surface area contributed by atoms with Gasteiger partial charge in [-0.15, -0.1) is 0 Å². The van der Waals surface area contributed by atoms with Gasteiger partial charge in [0.15, 0.2) is 0 Å². The van der Waals surface area contributed by atoms with Gasteiger partial charge in [-0.25, -0.2) is 0 Å². The second kappa shape index (κ2) is 6.96. The number of rotatable bonds is 4. The SMILES string of the molecule is CN1CCCC(CNc2cc3c(c(-c4ccccc4)c2)CNC3)C1. The predicted octanol–water partition coefficient (Wildman–Crippen LogP) is 3.71. The van der Waals surface area contributed by atoms with E-state index in [1.807, 2.05) is 0 Å². The first-order valence-corrected chi connectivity index (χ1v) is 9.14. The minimum absolute atomic E-state index is 0.760. The van der Waals surface area contributed by atoms with E-state index in [1.165, 1.54) is 53.9 Å². The van der Waals surface area contributed by atoms with Gasteiger partial charge in [0.05, 0.1) is 0 Å². The molecule has 2 N–H and O–H groups in total. The summed E-state index contributed by atoms with van der Waals surface area (Å²) in [5, 5.41) is 7.22. The van der Waals surface area contributed by atoms with Gasteiger partial charge in [0.25, 0.3) is 0 Å². The highest BCUT2D eigenvalue weighted by molar-refractivity contribution is 5.74. The van der Waals surface area contributed by atoms with E-state index in [2.05, 4.69) is 65.0 Å². The highest BCUT2D eigenvalue weighted by Gasteiger charge is 2.19. The lowest BCUT2D eigenvalue weighted by molar-refractivity contribution is 0.217. The van der Waals surface area contributed by atoms with Crippen LogP contribution in [0.25, 0.3) is 11.1 Å². The molecule has 2 aliphatic rings. The van der Waals surface area contributed by atoms with E-state index in [0.29, 0.717) is 0 Å². The van der Waals surface area contributed by atoms with Gasteiger partial charge in [-0.3, -0.25) is 0 Å². The topological polar surface area (TPSA) is 27.3 Å². The van der Waals surface area contributed by atoms with Crippen LogP contribution in [-0.2, 0) is 13.1 Å². The predicted molar refractivity (Wildman–Crippen MR) is 101 cm³/mol. The molecule has 3 nitrogen and oxygen atoms in total. The monoisotopic (exact) mass is 321 g/mol. The van der Waals surface area contributed by atoms with Crippen LogP contribution in [0.5, 0.6) is 0 Å². The Morgan fingerprint density at radius 1 is 1.17 bits per heavy atom. The molecular weight excluding hydrogens is 294 g/mol. The third-order valence-electron chi connectivity index (χ3n) is 5.36. The summed E-state index contributed by atoms with van der Waals surface area (Å²) in [7, 11) is 2.24. The Hall–Kier alpha value is -1.84. The van der Waals surface area contributed by atoms with E-state index in [4.69, 9.17) is 0 Å². The molecule has 0 bridgehead atoms. The third-order valence-corrected chi connectivity index (χ3v) is 5.36. The number of nitrogens with zero attached hydrogens (tertiary/aromatic N) is 1. The summed E-state index contributed by atoms with van der Waals surface area (Å²) in [4.78, 5) is 2.46. The maximum absolute atomic E-state index is 3.72. The van der Waals surface area contributed by atoms with Crippen molar-refractivity contribution in [2.24, 2.45) is 5.92 Å². The number of hydrogen-bond donors (Lipinski definition) is 2. The summed E-state index contributed by atoms with van der Waals surface area (Å²) in [5.74, 6) is 0.760. The van der Waals surface area contributed by atoms with Gasteiger partial charge in [0, 0.05) is 31.9 Å². The Bertz CT molecular complexity index is 696. The van der Waals surface area contributed by atoms with Crippen LogP contribution in [0.15, 0.2) is 42.5 Å². The summed E-state index contributed by atoms with van der Waals surface area (Å²) in [6.07, 6.45) is 2.67. The Balaban J connectivity index is 1.56. The maximum Gasteiger partial charge on any atom is 0.0349 e. The van der Waals surface area contributed by atoms with E-state index < -0.39 is 0 Å². The molecule has 0 radical (unpaired) electrons. The fraction of sp³-hybridized carbons (Fsp3) is 0.429. The Morgan fingerprint density at radius 2 is 2.04 bits per heavy atom. The molecule has 1 saturated heterocycles. The van der Waals surface area contributed by atoms with Gasteiger partial charge >= 0.3 is 0 Å². The largest absolute Gasteiger partial charge is 0.385 e. The van der Waals surface area contributed by atoms with Crippen LogP contribution in [0.2, 0.25) is 0 Å². The van der Waals surface area contributed by atoms with Crippen molar-refractivity contribution in [2.45, 2.75) is 25.9 Å². The van der Waals surface area contributed by atoms with Crippen molar-refractivity contribution in [3.05, 3.63) is 53.6 Å². The zero-order valence-corrected chi connectivity index (χ0v) is 14.5. The first kappa shape index (κ1) is 15.7. The lowest BCUT2D eigenvalue weighted by atomic mass is 9.95. The molecule has 0 aliphatic carbocycles. The molecule has 1 fully saturated rings. The quantitative estimate of drug-likeness (QED) is 0.899. The lowest BCUT2D eigenvalue weighted by Gasteiger charge is -2.30. The molecule has 2 aliphatic heterocycles. The highest BCUT2D eigenvalue weighted by atomic mass is 15.1. The fourth-order valence-corrected chi connectivity index (χ4v) is 4.10. The number of anilines is 1. The molecule has 1 unspecified atom stereocenters. The number of fused-ring (bicyclic) bond motifs is 1. The second-order valence-corrected chi connectivity index (χ2v) is 7.28. The van der Waals surface area contributed by atoms with E-state index in [1.54, 1.807) is 0 Å². The molecule has 2 heterocycles. The minimum Gasteiger partial charge on any atom is -0.385 e. The Labute approximate surface area is 145 Å². The molecule has 2 aromatic rings. The molecule has 0 aromatic heterocycles. The van der Waals surface area contributed by atoms with Gasteiger partial charge < -0.3 is 15.5 Å².